The summed E-state index contributed by atoms with van der Waals surface area (Å²) in [6.45, 7) is 2.00. The lowest BCUT2D eigenvalue weighted by Gasteiger charge is -2.14. The fourth-order valence-electron chi connectivity index (χ4n) is 2.33. The number of hydrogen-bond donors (Lipinski definition) is 1. The third-order valence-electron chi connectivity index (χ3n) is 3.66. The van der Waals surface area contributed by atoms with Crippen molar-refractivity contribution in [1.29, 1.82) is 0 Å². The molecule has 24 heavy (non-hydrogen) atoms. The van der Waals surface area contributed by atoms with Gasteiger partial charge in [-0.25, -0.2) is 4.39 Å². The maximum atomic E-state index is 13.6. The van der Waals surface area contributed by atoms with Gasteiger partial charge in [0.25, 0.3) is 0 Å². The van der Waals surface area contributed by atoms with Gasteiger partial charge in [0, 0.05) is 22.4 Å². The molecule has 1 atom stereocenters. The van der Waals surface area contributed by atoms with Crippen molar-refractivity contribution >= 4 is 29.3 Å². The fourth-order valence-corrected chi connectivity index (χ4v) is 3.51. The van der Waals surface area contributed by atoms with Gasteiger partial charge in [-0.05, 0) is 37.5 Å². The van der Waals surface area contributed by atoms with E-state index in [1.165, 1.54) is 23.4 Å². The fraction of sp³-hybridized carbons (Fsp3) is 0.316. The summed E-state index contributed by atoms with van der Waals surface area (Å²) in [6, 6.07) is 14.9. The first-order chi connectivity index (χ1) is 11.6. The first kappa shape index (κ1) is 18.8. The highest BCUT2D eigenvalue weighted by molar-refractivity contribution is 7.99. The van der Waals surface area contributed by atoms with Crippen LogP contribution in [0.2, 0.25) is 5.02 Å². The summed E-state index contributed by atoms with van der Waals surface area (Å²) in [5, 5.41) is 3.38. The lowest BCUT2D eigenvalue weighted by Crippen LogP contribution is -2.34. The zero-order chi connectivity index (χ0) is 17.4. The van der Waals surface area contributed by atoms with Crippen molar-refractivity contribution in [3.63, 3.8) is 0 Å². The summed E-state index contributed by atoms with van der Waals surface area (Å²) in [4.78, 5) is 12.0. The highest BCUT2D eigenvalue weighted by Gasteiger charge is 2.10. The van der Waals surface area contributed by atoms with E-state index >= 15 is 0 Å². The summed E-state index contributed by atoms with van der Waals surface area (Å²) < 4.78 is 13.6. The molecule has 0 fully saturated rings. The maximum Gasteiger partial charge on any atom is 0.230 e. The van der Waals surface area contributed by atoms with Crippen LogP contribution < -0.4 is 5.32 Å². The second-order valence-corrected chi connectivity index (χ2v) is 7.08. The molecule has 1 amide bonds. The largest absolute Gasteiger partial charge is 0.353 e. The number of benzene rings is 2. The number of halogens is 2. The number of hydrogen-bond acceptors (Lipinski definition) is 2. The predicted octanol–water partition coefficient (Wildman–Crippen LogP) is 4.85. The van der Waals surface area contributed by atoms with Crippen molar-refractivity contribution in [2.24, 2.45) is 0 Å². The highest BCUT2D eigenvalue weighted by atomic mass is 35.5. The molecule has 0 aliphatic carbocycles. The molecule has 1 N–H and O–H groups in total. The van der Waals surface area contributed by atoms with Crippen LogP contribution >= 0.6 is 23.4 Å². The van der Waals surface area contributed by atoms with E-state index in [0.717, 1.165) is 12.8 Å². The van der Waals surface area contributed by atoms with Crippen LogP contribution in [-0.2, 0) is 17.0 Å². The zero-order valence-electron chi connectivity index (χ0n) is 13.6. The van der Waals surface area contributed by atoms with E-state index in [1.807, 2.05) is 25.1 Å². The number of nitrogens with one attached hydrogen (secondary N) is 1. The molecule has 2 nitrogen and oxygen atoms in total. The van der Waals surface area contributed by atoms with Crippen LogP contribution in [0.15, 0.2) is 48.5 Å². The zero-order valence-corrected chi connectivity index (χ0v) is 15.2. The van der Waals surface area contributed by atoms with Crippen LogP contribution in [0.4, 0.5) is 4.39 Å². The normalized spacial score (nSPS) is 12.0. The molecule has 0 aliphatic heterocycles. The summed E-state index contributed by atoms with van der Waals surface area (Å²) in [6.07, 6.45) is 1.82. The lowest BCUT2D eigenvalue weighted by molar-refractivity contribution is -0.119. The molecule has 2 rings (SSSR count). The predicted molar refractivity (Wildman–Crippen MR) is 99.9 cm³/mol. The van der Waals surface area contributed by atoms with Crippen molar-refractivity contribution in [3.8, 4) is 0 Å². The smallest absolute Gasteiger partial charge is 0.230 e. The van der Waals surface area contributed by atoms with Crippen LogP contribution in [0.1, 0.15) is 24.5 Å². The molecule has 0 saturated heterocycles. The van der Waals surface area contributed by atoms with Gasteiger partial charge in [0.1, 0.15) is 5.82 Å². The summed E-state index contributed by atoms with van der Waals surface area (Å²) in [5.41, 5.74) is 1.72. The van der Waals surface area contributed by atoms with Gasteiger partial charge in [-0.2, -0.15) is 0 Å². The van der Waals surface area contributed by atoms with Crippen LogP contribution in [0.3, 0.4) is 0 Å². The molecular formula is C19H21ClFNOS. The first-order valence-electron chi connectivity index (χ1n) is 7.90. The van der Waals surface area contributed by atoms with E-state index in [-0.39, 0.29) is 17.8 Å². The molecule has 0 spiro atoms. The van der Waals surface area contributed by atoms with E-state index < -0.39 is 0 Å². The Morgan fingerprint density at radius 2 is 1.96 bits per heavy atom. The van der Waals surface area contributed by atoms with E-state index in [1.54, 1.807) is 12.1 Å². The molecule has 5 heteroatoms. The van der Waals surface area contributed by atoms with Crippen molar-refractivity contribution in [2.45, 2.75) is 31.6 Å². The van der Waals surface area contributed by atoms with Gasteiger partial charge in [0.2, 0.25) is 5.91 Å². The minimum Gasteiger partial charge on any atom is -0.353 e. The molecular weight excluding hydrogens is 345 g/mol. The number of rotatable bonds is 8. The Kier molecular flexibility index (Phi) is 7.60. The Balaban J connectivity index is 1.69. The van der Waals surface area contributed by atoms with Gasteiger partial charge in [-0.15, -0.1) is 11.8 Å². The Morgan fingerprint density at radius 3 is 2.67 bits per heavy atom. The van der Waals surface area contributed by atoms with Gasteiger partial charge < -0.3 is 5.32 Å². The molecule has 0 unspecified atom stereocenters. The SMILES string of the molecule is C[C@H](CCc1ccccc1)NC(=O)CSCc1c(F)cccc1Cl. The average molecular weight is 366 g/mol. The van der Waals surface area contributed by atoms with Crippen molar-refractivity contribution in [1.82, 2.24) is 5.32 Å². The first-order valence-corrected chi connectivity index (χ1v) is 9.43. The van der Waals surface area contributed by atoms with E-state index in [0.29, 0.717) is 22.1 Å². The van der Waals surface area contributed by atoms with Crippen molar-refractivity contribution < 1.29 is 9.18 Å². The summed E-state index contributed by atoms with van der Waals surface area (Å²) in [5.74, 6) is 0.317. The second kappa shape index (κ2) is 9.70. The molecule has 0 heterocycles. The monoisotopic (exact) mass is 365 g/mol. The van der Waals surface area contributed by atoms with Crippen LogP contribution in [0, 0.1) is 5.82 Å². The molecule has 0 aromatic heterocycles. The van der Waals surface area contributed by atoms with Crippen molar-refractivity contribution in [3.05, 3.63) is 70.5 Å². The van der Waals surface area contributed by atoms with Gasteiger partial charge >= 0.3 is 0 Å². The minimum absolute atomic E-state index is 0.0342. The van der Waals surface area contributed by atoms with E-state index in [4.69, 9.17) is 11.6 Å². The lowest BCUT2D eigenvalue weighted by atomic mass is 10.1. The summed E-state index contributed by atoms with van der Waals surface area (Å²) in [7, 11) is 0. The molecule has 2 aromatic rings. The van der Waals surface area contributed by atoms with E-state index in [2.05, 4.69) is 17.4 Å². The summed E-state index contributed by atoms with van der Waals surface area (Å²) >= 11 is 7.34. The molecule has 0 bridgehead atoms. The van der Waals surface area contributed by atoms with Gasteiger partial charge in [-0.1, -0.05) is 48.0 Å². The number of amides is 1. The van der Waals surface area contributed by atoms with Crippen LogP contribution in [0.5, 0.6) is 0 Å². The number of thioether (sulfide) groups is 1. The quantitative estimate of drug-likeness (QED) is 0.724. The molecule has 0 radical (unpaired) electrons. The molecule has 2 aromatic carbocycles. The van der Waals surface area contributed by atoms with Crippen molar-refractivity contribution in [2.75, 3.05) is 5.75 Å². The average Bonchev–Trinajstić information content (AvgIpc) is 2.56. The topological polar surface area (TPSA) is 29.1 Å². The Hall–Kier alpha value is -1.52. The molecule has 0 aliphatic rings. The molecule has 128 valence electrons. The third kappa shape index (κ3) is 6.17. The minimum atomic E-state index is -0.327. The van der Waals surface area contributed by atoms with E-state index in [9.17, 15) is 9.18 Å². The third-order valence-corrected chi connectivity index (χ3v) is 4.97. The Bertz CT molecular complexity index is 645. The van der Waals surface area contributed by atoms with Gasteiger partial charge in [-0.3, -0.25) is 4.79 Å². The van der Waals surface area contributed by atoms with Crippen LogP contribution in [0.25, 0.3) is 0 Å². The van der Waals surface area contributed by atoms with Gasteiger partial charge in [0.05, 0.1) is 5.75 Å². The maximum absolute atomic E-state index is 13.6. The standard InChI is InChI=1S/C19H21ClFNOS/c1-14(10-11-15-6-3-2-4-7-15)22-19(23)13-24-12-16-17(20)8-5-9-18(16)21/h2-9,14H,10-13H2,1H3,(H,22,23)/t14-/m1/s1. The van der Waals surface area contributed by atoms with Crippen LogP contribution in [-0.4, -0.2) is 17.7 Å². The number of aryl methyl sites for hydroxylation is 1. The molecule has 0 saturated carbocycles. The number of carbonyl (C=O) groups excluding carboxylic acids is 1. The Morgan fingerprint density at radius 1 is 1.21 bits per heavy atom. The highest BCUT2D eigenvalue weighted by Crippen LogP contribution is 2.23. The second-order valence-electron chi connectivity index (χ2n) is 5.69. The van der Waals surface area contributed by atoms with Gasteiger partial charge in [0.15, 0.2) is 0 Å². The number of carbonyl (C=O) groups is 1. The Labute approximate surface area is 151 Å².